The lowest BCUT2D eigenvalue weighted by molar-refractivity contribution is 0.601. The van der Waals surface area contributed by atoms with Crippen molar-refractivity contribution < 1.29 is 8.42 Å². The number of halogens is 1. The molecule has 112 valence electrons. The van der Waals surface area contributed by atoms with Gasteiger partial charge < -0.3 is 5.32 Å². The Balaban J connectivity index is 2.25. The molecule has 1 aromatic heterocycles. The second-order valence-corrected chi connectivity index (χ2v) is 6.48. The summed E-state index contributed by atoms with van der Waals surface area (Å²) >= 11 is 5.97. The van der Waals surface area contributed by atoms with Gasteiger partial charge in [0.25, 0.3) is 10.0 Å². The number of rotatable bonds is 6. The maximum atomic E-state index is 12.4. The largest absolute Gasteiger partial charge is 0.370 e. The zero-order valence-corrected chi connectivity index (χ0v) is 13.1. The van der Waals surface area contributed by atoms with Gasteiger partial charge in [-0.1, -0.05) is 30.7 Å². The van der Waals surface area contributed by atoms with Crippen LogP contribution in [0.3, 0.4) is 0 Å². The molecule has 0 atom stereocenters. The van der Waals surface area contributed by atoms with E-state index in [1.165, 1.54) is 18.3 Å². The van der Waals surface area contributed by atoms with Crippen molar-refractivity contribution in [2.24, 2.45) is 0 Å². The summed E-state index contributed by atoms with van der Waals surface area (Å²) < 4.78 is 27.2. The Bertz CT molecular complexity index is 720. The van der Waals surface area contributed by atoms with E-state index in [0.717, 1.165) is 13.0 Å². The normalized spacial score (nSPS) is 11.1. The van der Waals surface area contributed by atoms with E-state index in [4.69, 9.17) is 11.6 Å². The van der Waals surface area contributed by atoms with Crippen LogP contribution in [0.25, 0.3) is 0 Å². The second kappa shape index (κ2) is 6.78. The van der Waals surface area contributed by atoms with E-state index in [0.29, 0.717) is 16.5 Å². The number of hydrogen-bond acceptors (Lipinski definition) is 4. The van der Waals surface area contributed by atoms with Crippen molar-refractivity contribution in [3.8, 4) is 0 Å². The zero-order valence-electron chi connectivity index (χ0n) is 11.5. The summed E-state index contributed by atoms with van der Waals surface area (Å²) in [5.41, 5.74) is 0.346. The van der Waals surface area contributed by atoms with Crippen LogP contribution in [0.2, 0.25) is 5.02 Å². The summed E-state index contributed by atoms with van der Waals surface area (Å²) in [6.45, 7) is 2.75. The van der Waals surface area contributed by atoms with Gasteiger partial charge in [0.05, 0.1) is 15.6 Å². The molecule has 0 bridgehead atoms. The Morgan fingerprint density at radius 2 is 2.00 bits per heavy atom. The summed E-state index contributed by atoms with van der Waals surface area (Å²) in [6.07, 6.45) is 2.38. The van der Waals surface area contributed by atoms with Gasteiger partial charge in [0.1, 0.15) is 5.82 Å². The lowest BCUT2D eigenvalue weighted by Crippen LogP contribution is -2.14. The first-order chi connectivity index (χ1) is 10.0. The molecule has 0 spiro atoms. The smallest absolute Gasteiger partial charge is 0.262 e. The lowest BCUT2D eigenvalue weighted by Gasteiger charge is -2.10. The van der Waals surface area contributed by atoms with Gasteiger partial charge in [-0.25, -0.2) is 13.4 Å². The maximum absolute atomic E-state index is 12.4. The Labute approximate surface area is 129 Å². The number of benzene rings is 1. The van der Waals surface area contributed by atoms with Crippen LogP contribution >= 0.6 is 11.6 Å². The van der Waals surface area contributed by atoms with Gasteiger partial charge in [-0.2, -0.15) is 0 Å². The molecule has 7 heteroatoms. The first kappa shape index (κ1) is 15.6. The molecule has 0 aliphatic carbocycles. The Morgan fingerprint density at radius 1 is 1.24 bits per heavy atom. The molecule has 0 aliphatic rings. The first-order valence-electron chi connectivity index (χ1n) is 6.50. The second-order valence-electron chi connectivity index (χ2n) is 4.39. The van der Waals surface area contributed by atoms with Crippen LogP contribution in [0.4, 0.5) is 11.5 Å². The number of hydrogen-bond donors (Lipinski definition) is 2. The van der Waals surface area contributed by atoms with Crippen molar-refractivity contribution in [3.05, 3.63) is 47.6 Å². The van der Waals surface area contributed by atoms with Crippen molar-refractivity contribution in [1.82, 2.24) is 4.98 Å². The molecule has 1 heterocycles. The van der Waals surface area contributed by atoms with Crippen LogP contribution in [0, 0.1) is 0 Å². The molecular formula is C14H16ClN3O2S. The number of nitrogens with zero attached hydrogens (tertiary/aromatic N) is 1. The fraction of sp³-hybridized carbons (Fsp3) is 0.214. The van der Waals surface area contributed by atoms with E-state index in [2.05, 4.69) is 15.0 Å². The third kappa shape index (κ3) is 4.09. The van der Waals surface area contributed by atoms with Gasteiger partial charge in [0.2, 0.25) is 0 Å². The molecule has 5 nitrogen and oxygen atoms in total. The Morgan fingerprint density at radius 3 is 2.71 bits per heavy atom. The van der Waals surface area contributed by atoms with Crippen molar-refractivity contribution in [2.45, 2.75) is 18.2 Å². The van der Waals surface area contributed by atoms with Gasteiger partial charge in [0.15, 0.2) is 0 Å². The Kier molecular flexibility index (Phi) is 5.03. The monoisotopic (exact) mass is 325 g/mol. The maximum Gasteiger partial charge on any atom is 0.262 e. The molecule has 0 saturated carbocycles. The molecule has 0 aliphatic heterocycles. The molecule has 2 N–H and O–H groups in total. The molecule has 21 heavy (non-hydrogen) atoms. The van der Waals surface area contributed by atoms with E-state index in [9.17, 15) is 8.42 Å². The topological polar surface area (TPSA) is 71.1 Å². The van der Waals surface area contributed by atoms with Crippen LogP contribution in [0.1, 0.15) is 13.3 Å². The van der Waals surface area contributed by atoms with Gasteiger partial charge >= 0.3 is 0 Å². The van der Waals surface area contributed by atoms with E-state index >= 15 is 0 Å². The number of aromatic nitrogens is 1. The standard InChI is InChI=1S/C14H16ClN3O2S/c1-2-8-16-14-10-11(7-9-17-14)21(19,20)18-13-6-4-3-5-12(13)15/h3-7,9-10,18H,2,8H2,1H3,(H,16,17). The van der Waals surface area contributed by atoms with Crippen LogP contribution < -0.4 is 10.0 Å². The zero-order chi connectivity index (χ0) is 15.3. The first-order valence-corrected chi connectivity index (χ1v) is 8.36. The van der Waals surface area contributed by atoms with Crippen LogP contribution in [0.5, 0.6) is 0 Å². The fourth-order valence-electron chi connectivity index (χ4n) is 1.68. The van der Waals surface area contributed by atoms with Crippen molar-refractivity contribution in [2.75, 3.05) is 16.6 Å². The quantitative estimate of drug-likeness (QED) is 0.854. The third-order valence-electron chi connectivity index (χ3n) is 2.72. The highest BCUT2D eigenvalue weighted by Gasteiger charge is 2.16. The molecular weight excluding hydrogens is 310 g/mol. The minimum absolute atomic E-state index is 0.135. The van der Waals surface area contributed by atoms with Crippen LogP contribution in [-0.2, 0) is 10.0 Å². The summed E-state index contributed by atoms with van der Waals surface area (Å²) in [7, 11) is -3.70. The molecule has 1 aromatic carbocycles. The van der Waals surface area contributed by atoms with Crippen molar-refractivity contribution in [1.29, 1.82) is 0 Å². The molecule has 0 unspecified atom stereocenters. The average Bonchev–Trinajstić information content (AvgIpc) is 2.48. The minimum Gasteiger partial charge on any atom is -0.370 e. The SMILES string of the molecule is CCCNc1cc(S(=O)(=O)Nc2ccccc2Cl)ccn1. The number of sulfonamides is 1. The summed E-state index contributed by atoms with van der Waals surface area (Å²) in [5.74, 6) is 0.527. The highest BCUT2D eigenvalue weighted by Crippen LogP contribution is 2.24. The van der Waals surface area contributed by atoms with E-state index in [1.54, 1.807) is 24.3 Å². The summed E-state index contributed by atoms with van der Waals surface area (Å²) in [5, 5.41) is 3.40. The minimum atomic E-state index is -3.70. The molecule has 0 amide bonds. The fourth-order valence-corrected chi connectivity index (χ4v) is 3.01. The predicted octanol–water partition coefficient (Wildman–Crippen LogP) is 3.36. The molecule has 0 radical (unpaired) electrons. The third-order valence-corrected chi connectivity index (χ3v) is 4.41. The van der Waals surface area contributed by atoms with Crippen LogP contribution in [0.15, 0.2) is 47.5 Å². The average molecular weight is 326 g/mol. The van der Waals surface area contributed by atoms with E-state index < -0.39 is 10.0 Å². The van der Waals surface area contributed by atoms with Crippen molar-refractivity contribution >= 4 is 33.1 Å². The summed E-state index contributed by atoms with van der Waals surface area (Å²) in [4.78, 5) is 4.22. The van der Waals surface area contributed by atoms with Crippen LogP contribution in [-0.4, -0.2) is 19.9 Å². The summed E-state index contributed by atoms with van der Waals surface area (Å²) in [6, 6.07) is 9.62. The number of para-hydroxylation sites is 1. The van der Waals surface area contributed by atoms with Gasteiger partial charge in [-0.05, 0) is 24.6 Å². The lowest BCUT2D eigenvalue weighted by atomic mass is 10.3. The van der Waals surface area contributed by atoms with Gasteiger partial charge in [0, 0.05) is 18.8 Å². The number of pyridine rings is 1. The molecule has 0 saturated heterocycles. The molecule has 0 fully saturated rings. The number of nitrogens with one attached hydrogen (secondary N) is 2. The van der Waals surface area contributed by atoms with Gasteiger partial charge in [-0.3, -0.25) is 4.72 Å². The van der Waals surface area contributed by atoms with Crippen molar-refractivity contribution in [3.63, 3.8) is 0 Å². The molecule has 2 rings (SSSR count). The van der Waals surface area contributed by atoms with E-state index in [1.807, 2.05) is 6.92 Å². The van der Waals surface area contributed by atoms with E-state index in [-0.39, 0.29) is 4.90 Å². The number of anilines is 2. The van der Waals surface area contributed by atoms with Gasteiger partial charge in [-0.15, -0.1) is 0 Å². The Hall–Kier alpha value is -1.79. The highest BCUT2D eigenvalue weighted by atomic mass is 35.5. The molecule has 2 aromatic rings. The highest BCUT2D eigenvalue weighted by molar-refractivity contribution is 7.92. The predicted molar refractivity (Wildman–Crippen MR) is 85.3 cm³/mol.